The third-order valence-corrected chi connectivity index (χ3v) is 5.34. The van der Waals surface area contributed by atoms with Gasteiger partial charge in [0.05, 0.1) is 0 Å². The lowest BCUT2D eigenvalue weighted by Crippen LogP contribution is -2.36. The topological polar surface area (TPSA) is 40.5 Å². The maximum Gasteiger partial charge on any atom is 0.0465 e. The van der Waals surface area contributed by atoms with Crippen molar-refractivity contribution in [3.63, 3.8) is 0 Å². The van der Waals surface area contributed by atoms with E-state index in [1.165, 1.54) is 25.7 Å². The summed E-state index contributed by atoms with van der Waals surface area (Å²) in [7, 11) is 0. The van der Waals surface area contributed by atoms with Gasteiger partial charge in [0.1, 0.15) is 0 Å². The van der Waals surface area contributed by atoms with Crippen LogP contribution in [0, 0.1) is 35.5 Å². The summed E-state index contributed by atoms with van der Waals surface area (Å²) in [6.07, 6.45) is 5.46. The molecule has 0 aromatic heterocycles. The van der Waals surface area contributed by atoms with Gasteiger partial charge in [0.25, 0.3) is 0 Å². The summed E-state index contributed by atoms with van der Waals surface area (Å²) < 4.78 is 0. The summed E-state index contributed by atoms with van der Waals surface area (Å²) in [5.74, 6) is 4.14. The SMILES string of the molecule is OCC1C(CO)C2CC1C1CCCC12. The van der Waals surface area contributed by atoms with Gasteiger partial charge in [-0.05, 0) is 54.8 Å². The molecule has 0 saturated heterocycles. The first-order chi connectivity index (χ1) is 6.86. The van der Waals surface area contributed by atoms with Crippen LogP contribution >= 0.6 is 0 Å². The van der Waals surface area contributed by atoms with Gasteiger partial charge in [0.2, 0.25) is 0 Å². The van der Waals surface area contributed by atoms with Gasteiger partial charge in [-0.1, -0.05) is 6.42 Å². The summed E-state index contributed by atoms with van der Waals surface area (Å²) in [5, 5.41) is 18.8. The van der Waals surface area contributed by atoms with Crippen molar-refractivity contribution < 1.29 is 10.2 Å². The molecule has 3 aliphatic rings. The first kappa shape index (κ1) is 9.17. The molecule has 3 saturated carbocycles. The molecular formula is C12H20O2. The van der Waals surface area contributed by atoms with Crippen LogP contribution < -0.4 is 0 Å². The number of aliphatic hydroxyl groups is 2. The second-order valence-electron chi connectivity index (χ2n) is 5.51. The average Bonchev–Trinajstić information content (AvgIpc) is 2.86. The van der Waals surface area contributed by atoms with Crippen LogP contribution in [0.3, 0.4) is 0 Å². The lowest BCUT2D eigenvalue weighted by atomic mass is 9.70. The van der Waals surface area contributed by atoms with Crippen molar-refractivity contribution in [3.05, 3.63) is 0 Å². The fourth-order valence-corrected chi connectivity index (χ4v) is 4.91. The Labute approximate surface area is 85.3 Å². The van der Waals surface area contributed by atoms with Crippen molar-refractivity contribution in [2.24, 2.45) is 35.5 Å². The van der Waals surface area contributed by atoms with Crippen LogP contribution in [-0.2, 0) is 0 Å². The Morgan fingerprint density at radius 2 is 1.29 bits per heavy atom. The Balaban J connectivity index is 1.86. The van der Waals surface area contributed by atoms with Crippen LogP contribution in [0.25, 0.3) is 0 Å². The van der Waals surface area contributed by atoms with Crippen molar-refractivity contribution >= 4 is 0 Å². The Hall–Kier alpha value is -0.0800. The third-order valence-electron chi connectivity index (χ3n) is 5.34. The van der Waals surface area contributed by atoms with E-state index < -0.39 is 0 Å². The molecule has 3 aliphatic carbocycles. The van der Waals surface area contributed by atoms with Crippen LogP contribution in [0.1, 0.15) is 25.7 Å². The maximum absolute atomic E-state index is 9.40. The molecule has 0 radical (unpaired) electrons. The van der Waals surface area contributed by atoms with Crippen LogP contribution in [0.15, 0.2) is 0 Å². The predicted octanol–water partition coefficient (Wildman–Crippen LogP) is 1.27. The molecule has 2 heteroatoms. The molecule has 0 heterocycles. The van der Waals surface area contributed by atoms with Crippen LogP contribution in [0.5, 0.6) is 0 Å². The molecular weight excluding hydrogens is 176 g/mol. The van der Waals surface area contributed by atoms with Crippen LogP contribution in [-0.4, -0.2) is 23.4 Å². The molecule has 0 aromatic rings. The zero-order valence-electron chi connectivity index (χ0n) is 8.60. The Morgan fingerprint density at radius 1 is 0.786 bits per heavy atom. The summed E-state index contributed by atoms with van der Waals surface area (Å²) in [4.78, 5) is 0. The standard InChI is InChI=1S/C12H20O2/c13-5-11-9-4-10(12(11)6-14)8-3-1-2-7(8)9/h7-14H,1-6H2. The van der Waals surface area contributed by atoms with Gasteiger partial charge < -0.3 is 10.2 Å². The summed E-state index contributed by atoms with van der Waals surface area (Å²) in [6, 6.07) is 0. The van der Waals surface area contributed by atoms with Gasteiger partial charge >= 0.3 is 0 Å². The van der Waals surface area contributed by atoms with Gasteiger partial charge in [0.15, 0.2) is 0 Å². The van der Waals surface area contributed by atoms with E-state index in [1.54, 1.807) is 0 Å². The Bertz CT molecular complexity index is 206. The zero-order chi connectivity index (χ0) is 9.71. The minimum atomic E-state index is 0.301. The smallest absolute Gasteiger partial charge is 0.0465 e. The minimum Gasteiger partial charge on any atom is -0.396 e. The normalized spacial score (nSPS) is 55.3. The monoisotopic (exact) mass is 196 g/mol. The number of aliphatic hydroxyl groups excluding tert-OH is 2. The highest BCUT2D eigenvalue weighted by Crippen LogP contribution is 2.62. The lowest BCUT2D eigenvalue weighted by Gasteiger charge is -2.36. The fourth-order valence-electron chi connectivity index (χ4n) is 4.91. The average molecular weight is 196 g/mol. The first-order valence-electron chi connectivity index (χ1n) is 6.08. The van der Waals surface area contributed by atoms with Gasteiger partial charge in [-0.3, -0.25) is 0 Å². The molecule has 3 fully saturated rings. The van der Waals surface area contributed by atoms with Crippen LogP contribution in [0.2, 0.25) is 0 Å². The van der Waals surface area contributed by atoms with E-state index in [2.05, 4.69) is 0 Å². The van der Waals surface area contributed by atoms with E-state index in [4.69, 9.17) is 0 Å². The number of fused-ring (bicyclic) bond motifs is 5. The van der Waals surface area contributed by atoms with E-state index in [0.29, 0.717) is 25.0 Å². The van der Waals surface area contributed by atoms with E-state index in [9.17, 15) is 10.2 Å². The molecule has 0 aliphatic heterocycles. The second-order valence-corrected chi connectivity index (χ2v) is 5.51. The lowest BCUT2D eigenvalue weighted by molar-refractivity contribution is 0.0329. The van der Waals surface area contributed by atoms with E-state index in [1.807, 2.05) is 0 Å². The Kier molecular flexibility index (Phi) is 2.10. The molecule has 0 aromatic carbocycles. The highest BCUT2D eigenvalue weighted by atomic mass is 16.3. The van der Waals surface area contributed by atoms with Gasteiger partial charge in [-0.15, -0.1) is 0 Å². The number of rotatable bonds is 2. The predicted molar refractivity (Wildman–Crippen MR) is 53.6 cm³/mol. The molecule has 2 nitrogen and oxygen atoms in total. The van der Waals surface area contributed by atoms with E-state index >= 15 is 0 Å². The van der Waals surface area contributed by atoms with Crippen molar-refractivity contribution in [2.45, 2.75) is 25.7 Å². The molecule has 2 bridgehead atoms. The maximum atomic E-state index is 9.40. The first-order valence-corrected chi connectivity index (χ1v) is 6.08. The second kappa shape index (κ2) is 3.21. The van der Waals surface area contributed by atoms with Crippen molar-refractivity contribution in [2.75, 3.05) is 13.2 Å². The summed E-state index contributed by atoms with van der Waals surface area (Å²) in [6.45, 7) is 0.602. The molecule has 2 N–H and O–H groups in total. The molecule has 3 rings (SSSR count). The molecule has 6 unspecified atom stereocenters. The van der Waals surface area contributed by atoms with E-state index in [-0.39, 0.29) is 0 Å². The van der Waals surface area contributed by atoms with Gasteiger partial charge in [0, 0.05) is 13.2 Å². The molecule has 80 valence electrons. The molecule has 0 spiro atoms. The zero-order valence-corrected chi connectivity index (χ0v) is 8.60. The van der Waals surface area contributed by atoms with Crippen LogP contribution in [0.4, 0.5) is 0 Å². The highest BCUT2D eigenvalue weighted by molar-refractivity contribution is 5.06. The molecule has 14 heavy (non-hydrogen) atoms. The largest absolute Gasteiger partial charge is 0.396 e. The van der Waals surface area contributed by atoms with Crippen molar-refractivity contribution in [1.82, 2.24) is 0 Å². The Morgan fingerprint density at radius 3 is 1.71 bits per heavy atom. The number of hydrogen-bond donors (Lipinski definition) is 2. The quantitative estimate of drug-likeness (QED) is 0.698. The van der Waals surface area contributed by atoms with Gasteiger partial charge in [-0.2, -0.15) is 0 Å². The number of hydrogen-bond acceptors (Lipinski definition) is 2. The molecule has 0 amide bonds. The fraction of sp³-hybridized carbons (Fsp3) is 1.00. The summed E-state index contributed by atoms with van der Waals surface area (Å²) in [5.41, 5.74) is 0. The van der Waals surface area contributed by atoms with Gasteiger partial charge in [-0.25, -0.2) is 0 Å². The third kappa shape index (κ3) is 0.989. The van der Waals surface area contributed by atoms with Crippen molar-refractivity contribution in [1.29, 1.82) is 0 Å². The minimum absolute atomic E-state index is 0.301. The summed E-state index contributed by atoms with van der Waals surface area (Å²) >= 11 is 0. The van der Waals surface area contributed by atoms with E-state index in [0.717, 1.165) is 23.7 Å². The highest BCUT2D eigenvalue weighted by Gasteiger charge is 2.58. The molecule has 6 atom stereocenters. The van der Waals surface area contributed by atoms with Crippen molar-refractivity contribution in [3.8, 4) is 0 Å².